The maximum atomic E-state index is 12.8. The van der Waals surface area contributed by atoms with E-state index in [0.717, 1.165) is 42.9 Å². The van der Waals surface area contributed by atoms with Gasteiger partial charge in [-0.1, -0.05) is 24.3 Å². The third kappa shape index (κ3) is 4.84. The molecule has 1 N–H and O–H groups in total. The number of likely N-dealkylation sites (tertiary alicyclic amines) is 1. The van der Waals surface area contributed by atoms with Gasteiger partial charge >= 0.3 is 6.18 Å². The number of benzene rings is 2. The van der Waals surface area contributed by atoms with Gasteiger partial charge in [-0.25, -0.2) is 0 Å². The zero-order chi connectivity index (χ0) is 20.3. The molecule has 1 saturated heterocycles. The van der Waals surface area contributed by atoms with Gasteiger partial charge in [-0.15, -0.1) is 0 Å². The highest BCUT2D eigenvalue weighted by Gasteiger charge is 2.32. The molecule has 0 saturated carbocycles. The number of hydrogen-bond acceptors (Lipinski definition) is 3. The second-order valence-electron chi connectivity index (χ2n) is 7.09. The van der Waals surface area contributed by atoms with E-state index in [9.17, 15) is 18.0 Å². The lowest BCUT2D eigenvalue weighted by Crippen LogP contribution is -2.52. The molecule has 0 bridgehead atoms. The summed E-state index contributed by atoms with van der Waals surface area (Å²) in [5.74, 6) is 0.778. The number of nitrogens with one attached hydrogen (secondary N) is 1. The number of hydrogen-bond donors (Lipinski definition) is 1. The molecule has 7 heteroatoms. The van der Waals surface area contributed by atoms with Crippen molar-refractivity contribution in [2.24, 2.45) is 5.92 Å². The quantitative estimate of drug-likeness (QED) is 0.814. The molecule has 1 amide bonds. The topological polar surface area (TPSA) is 41.6 Å². The Balaban J connectivity index is 1.56. The molecule has 1 heterocycles. The first-order chi connectivity index (χ1) is 13.3. The minimum Gasteiger partial charge on any atom is -0.489 e. The first-order valence-corrected chi connectivity index (χ1v) is 9.08. The van der Waals surface area contributed by atoms with Crippen LogP contribution in [0.15, 0.2) is 42.5 Å². The summed E-state index contributed by atoms with van der Waals surface area (Å²) in [6.07, 6.45) is -4.36. The Morgan fingerprint density at radius 3 is 2.57 bits per heavy atom. The van der Waals surface area contributed by atoms with Crippen molar-refractivity contribution in [1.29, 1.82) is 0 Å². The minimum absolute atomic E-state index is 0.0566. The van der Waals surface area contributed by atoms with Gasteiger partial charge in [0.2, 0.25) is 5.91 Å². The lowest BCUT2D eigenvalue weighted by molar-refractivity contribution is -0.137. The van der Waals surface area contributed by atoms with E-state index in [1.54, 1.807) is 13.1 Å². The molecule has 0 radical (unpaired) electrons. The Labute approximate surface area is 162 Å². The molecule has 0 spiro atoms. The first-order valence-electron chi connectivity index (χ1n) is 9.08. The van der Waals surface area contributed by atoms with Gasteiger partial charge in [0, 0.05) is 26.7 Å². The molecule has 0 atom stereocenters. The number of amides is 1. The van der Waals surface area contributed by atoms with Crippen molar-refractivity contribution in [3.05, 3.63) is 64.7 Å². The Hall–Kier alpha value is -2.54. The summed E-state index contributed by atoms with van der Waals surface area (Å²) in [5, 5.41) is 2.66. The van der Waals surface area contributed by atoms with Crippen LogP contribution >= 0.6 is 0 Å². The number of alkyl halides is 3. The number of ether oxygens (including phenoxy) is 1. The van der Waals surface area contributed by atoms with E-state index in [0.29, 0.717) is 11.3 Å². The average molecular weight is 392 g/mol. The summed E-state index contributed by atoms with van der Waals surface area (Å²) in [6.45, 7) is 4.22. The molecule has 150 valence electrons. The normalized spacial score (nSPS) is 15.2. The molecule has 0 unspecified atom stereocenters. The van der Waals surface area contributed by atoms with Crippen LogP contribution in [0.5, 0.6) is 5.75 Å². The summed E-state index contributed by atoms with van der Waals surface area (Å²) in [5.41, 5.74) is 1.83. The van der Waals surface area contributed by atoms with E-state index in [1.165, 1.54) is 6.07 Å². The van der Waals surface area contributed by atoms with Gasteiger partial charge in [-0.3, -0.25) is 9.69 Å². The Bertz CT molecular complexity index is 846. The monoisotopic (exact) mass is 392 g/mol. The lowest BCUT2D eigenvalue weighted by atomic mass is 9.98. The maximum Gasteiger partial charge on any atom is 0.416 e. The van der Waals surface area contributed by atoms with Crippen molar-refractivity contribution in [1.82, 2.24) is 10.2 Å². The predicted octanol–water partition coefficient (Wildman–Crippen LogP) is 3.77. The zero-order valence-corrected chi connectivity index (χ0v) is 15.8. The van der Waals surface area contributed by atoms with Crippen molar-refractivity contribution in [3.8, 4) is 5.75 Å². The number of carbonyl (C=O) groups is 1. The predicted molar refractivity (Wildman–Crippen MR) is 99.8 cm³/mol. The molecule has 2 aromatic rings. The molecule has 0 aromatic heterocycles. The van der Waals surface area contributed by atoms with Crippen LogP contribution in [0, 0.1) is 12.8 Å². The highest BCUT2D eigenvalue weighted by Crippen LogP contribution is 2.30. The number of aryl methyl sites for hydroxylation is 1. The van der Waals surface area contributed by atoms with Gasteiger partial charge in [-0.05, 0) is 41.8 Å². The van der Waals surface area contributed by atoms with Crippen LogP contribution in [0.3, 0.4) is 0 Å². The molecule has 1 fully saturated rings. The summed E-state index contributed by atoms with van der Waals surface area (Å²) in [6, 6.07) is 11.0. The van der Waals surface area contributed by atoms with Gasteiger partial charge in [0.05, 0.1) is 11.5 Å². The fraction of sp³-hybridized carbons (Fsp3) is 0.381. The first kappa shape index (κ1) is 20.2. The van der Waals surface area contributed by atoms with E-state index >= 15 is 0 Å². The Kier molecular flexibility index (Phi) is 5.93. The second-order valence-corrected chi connectivity index (χ2v) is 7.09. The minimum atomic E-state index is -4.36. The van der Waals surface area contributed by atoms with Crippen LogP contribution in [0.4, 0.5) is 13.2 Å². The number of halogens is 3. The second kappa shape index (κ2) is 8.22. The maximum absolute atomic E-state index is 12.8. The summed E-state index contributed by atoms with van der Waals surface area (Å²) in [7, 11) is 1.65. The number of rotatable bonds is 6. The fourth-order valence-electron chi connectivity index (χ4n) is 3.30. The number of carbonyl (C=O) groups excluding carboxylic acids is 1. The fourth-order valence-corrected chi connectivity index (χ4v) is 3.30. The van der Waals surface area contributed by atoms with Crippen LogP contribution < -0.4 is 10.1 Å². The van der Waals surface area contributed by atoms with E-state index < -0.39 is 11.7 Å². The summed E-state index contributed by atoms with van der Waals surface area (Å²) < 4.78 is 44.1. The molecule has 2 aromatic carbocycles. The molecule has 4 nitrogen and oxygen atoms in total. The van der Waals surface area contributed by atoms with E-state index in [2.05, 4.69) is 10.2 Å². The Morgan fingerprint density at radius 2 is 1.93 bits per heavy atom. The van der Waals surface area contributed by atoms with Gasteiger partial charge in [0.1, 0.15) is 12.4 Å². The zero-order valence-electron chi connectivity index (χ0n) is 15.8. The molecule has 3 rings (SSSR count). The number of nitrogens with zero attached hydrogens (tertiary/aromatic N) is 1. The third-order valence-electron chi connectivity index (χ3n) is 4.87. The molecular weight excluding hydrogens is 369 g/mol. The van der Waals surface area contributed by atoms with E-state index in [1.807, 2.05) is 25.1 Å². The Morgan fingerprint density at radius 1 is 1.18 bits per heavy atom. The van der Waals surface area contributed by atoms with Crippen molar-refractivity contribution in [2.45, 2.75) is 26.3 Å². The van der Waals surface area contributed by atoms with Gasteiger partial charge < -0.3 is 10.1 Å². The smallest absolute Gasteiger partial charge is 0.416 e. The van der Waals surface area contributed by atoms with Crippen molar-refractivity contribution in [2.75, 3.05) is 20.1 Å². The van der Waals surface area contributed by atoms with Crippen LogP contribution in [0.1, 0.15) is 22.3 Å². The van der Waals surface area contributed by atoms with Crippen LogP contribution in [-0.4, -0.2) is 30.9 Å². The SMILES string of the molecule is CNC(=O)C1CN(Cc2ccc(OCc3cccc(C(F)(F)F)c3)c(C)c2)C1. The highest BCUT2D eigenvalue weighted by molar-refractivity contribution is 5.79. The van der Waals surface area contributed by atoms with E-state index in [4.69, 9.17) is 4.74 Å². The molecule has 1 aliphatic rings. The molecular formula is C21H23F3N2O2. The highest BCUT2D eigenvalue weighted by atomic mass is 19.4. The van der Waals surface area contributed by atoms with Gasteiger partial charge in [0.25, 0.3) is 0 Å². The van der Waals surface area contributed by atoms with Gasteiger partial charge in [-0.2, -0.15) is 13.2 Å². The van der Waals surface area contributed by atoms with Crippen LogP contribution in [0.25, 0.3) is 0 Å². The van der Waals surface area contributed by atoms with Crippen molar-refractivity contribution < 1.29 is 22.7 Å². The van der Waals surface area contributed by atoms with Gasteiger partial charge in [0.15, 0.2) is 0 Å². The molecule has 28 heavy (non-hydrogen) atoms. The van der Waals surface area contributed by atoms with Crippen LogP contribution in [-0.2, 0) is 24.1 Å². The lowest BCUT2D eigenvalue weighted by Gasteiger charge is -2.38. The standard InChI is InChI=1S/C21H23F3N2O2/c1-14-8-15(10-26-11-17(12-26)20(27)25-2)6-7-19(14)28-13-16-4-3-5-18(9-16)21(22,23)24/h3-9,17H,10-13H2,1-2H3,(H,25,27). The molecule has 1 aliphatic heterocycles. The largest absolute Gasteiger partial charge is 0.489 e. The summed E-state index contributed by atoms with van der Waals surface area (Å²) in [4.78, 5) is 13.7. The molecule has 0 aliphatic carbocycles. The van der Waals surface area contributed by atoms with Crippen molar-refractivity contribution in [3.63, 3.8) is 0 Å². The van der Waals surface area contributed by atoms with E-state index in [-0.39, 0.29) is 18.4 Å². The average Bonchev–Trinajstić information content (AvgIpc) is 2.62. The van der Waals surface area contributed by atoms with Crippen molar-refractivity contribution >= 4 is 5.91 Å². The summed E-state index contributed by atoms with van der Waals surface area (Å²) >= 11 is 0. The van der Waals surface area contributed by atoms with Crippen LogP contribution in [0.2, 0.25) is 0 Å². The third-order valence-corrected chi connectivity index (χ3v) is 4.87.